The molecule has 0 bridgehead atoms. The normalized spacial score (nSPS) is 15.0. The average molecular weight is 343 g/mol. The summed E-state index contributed by atoms with van der Waals surface area (Å²) in [5.74, 6) is 0.386. The van der Waals surface area contributed by atoms with Crippen LogP contribution in [0, 0.1) is 0 Å². The molecular weight excluding hydrogens is 322 g/mol. The van der Waals surface area contributed by atoms with Gasteiger partial charge in [-0.2, -0.15) is 0 Å². The standard InChI is InChI=1S/C18H21N3O4/c1-20(2)17(22)13-3-4-16(19-11-13)25-15-5-8-21(9-6-15)18(23)14-7-10-24-12-14/h3-4,7,10-12,15H,5-6,8-9H2,1-2H3. The summed E-state index contributed by atoms with van der Waals surface area (Å²) in [5.41, 5.74) is 1.10. The summed E-state index contributed by atoms with van der Waals surface area (Å²) in [7, 11) is 3.40. The molecular formula is C18H21N3O4. The fraction of sp³-hybridized carbons (Fsp3) is 0.389. The fourth-order valence-corrected chi connectivity index (χ4v) is 2.75. The third kappa shape index (κ3) is 3.99. The van der Waals surface area contributed by atoms with Gasteiger partial charge in [0.2, 0.25) is 5.88 Å². The van der Waals surface area contributed by atoms with Crippen LogP contribution < -0.4 is 4.74 Å². The molecule has 0 atom stereocenters. The van der Waals surface area contributed by atoms with Gasteiger partial charge < -0.3 is 19.0 Å². The van der Waals surface area contributed by atoms with Gasteiger partial charge in [-0.1, -0.05) is 0 Å². The van der Waals surface area contributed by atoms with Crippen molar-refractivity contribution in [3.05, 3.63) is 48.0 Å². The minimum atomic E-state index is -0.0925. The number of rotatable bonds is 4. The number of carbonyl (C=O) groups excluding carboxylic acids is 2. The Morgan fingerprint density at radius 1 is 1.20 bits per heavy atom. The van der Waals surface area contributed by atoms with Gasteiger partial charge in [0.1, 0.15) is 12.4 Å². The number of ether oxygens (including phenoxy) is 1. The number of piperidine rings is 1. The lowest BCUT2D eigenvalue weighted by molar-refractivity contribution is 0.0587. The number of amides is 2. The van der Waals surface area contributed by atoms with E-state index < -0.39 is 0 Å². The van der Waals surface area contributed by atoms with E-state index in [4.69, 9.17) is 9.15 Å². The van der Waals surface area contributed by atoms with Gasteiger partial charge in [-0.05, 0) is 12.1 Å². The molecule has 132 valence electrons. The first kappa shape index (κ1) is 17.0. The predicted octanol–water partition coefficient (Wildman–Crippen LogP) is 2.06. The molecule has 25 heavy (non-hydrogen) atoms. The second kappa shape index (κ2) is 7.38. The van der Waals surface area contributed by atoms with Crippen molar-refractivity contribution in [2.45, 2.75) is 18.9 Å². The lowest BCUT2D eigenvalue weighted by Crippen LogP contribution is -2.41. The van der Waals surface area contributed by atoms with Gasteiger partial charge in [-0.3, -0.25) is 9.59 Å². The van der Waals surface area contributed by atoms with E-state index in [1.165, 1.54) is 23.6 Å². The van der Waals surface area contributed by atoms with E-state index in [1.54, 1.807) is 37.2 Å². The molecule has 7 nitrogen and oxygen atoms in total. The summed E-state index contributed by atoms with van der Waals surface area (Å²) < 4.78 is 10.8. The lowest BCUT2D eigenvalue weighted by atomic mass is 10.1. The van der Waals surface area contributed by atoms with Crippen molar-refractivity contribution in [2.24, 2.45) is 0 Å². The number of aromatic nitrogens is 1. The van der Waals surface area contributed by atoms with E-state index in [2.05, 4.69) is 4.98 Å². The Balaban J connectivity index is 1.52. The second-order valence-electron chi connectivity index (χ2n) is 6.21. The molecule has 0 spiro atoms. The van der Waals surface area contributed by atoms with Crippen molar-refractivity contribution in [1.29, 1.82) is 0 Å². The van der Waals surface area contributed by atoms with Crippen molar-refractivity contribution in [3.8, 4) is 5.88 Å². The molecule has 3 heterocycles. The Morgan fingerprint density at radius 3 is 2.52 bits per heavy atom. The molecule has 1 fully saturated rings. The van der Waals surface area contributed by atoms with E-state index in [-0.39, 0.29) is 17.9 Å². The van der Waals surface area contributed by atoms with Crippen molar-refractivity contribution < 1.29 is 18.7 Å². The molecule has 2 aromatic heterocycles. The molecule has 7 heteroatoms. The number of carbonyl (C=O) groups is 2. The topological polar surface area (TPSA) is 75.9 Å². The van der Waals surface area contributed by atoms with Gasteiger partial charge in [-0.15, -0.1) is 0 Å². The van der Waals surface area contributed by atoms with Crippen molar-refractivity contribution >= 4 is 11.8 Å². The van der Waals surface area contributed by atoms with E-state index in [1.807, 2.05) is 0 Å². The number of furan rings is 1. The zero-order chi connectivity index (χ0) is 17.8. The highest BCUT2D eigenvalue weighted by Crippen LogP contribution is 2.19. The molecule has 1 saturated heterocycles. The van der Waals surface area contributed by atoms with Crippen LogP contribution in [-0.4, -0.2) is 59.9 Å². The summed E-state index contributed by atoms with van der Waals surface area (Å²) >= 11 is 0. The van der Waals surface area contributed by atoms with E-state index in [0.717, 1.165) is 12.8 Å². The fourth-order valence-electron chi connectivity index (χ4n) is 2.75. The minimum absolute atomic E-state index is 0.0105. The van der Waals surface area contributed by atoms with Crippen LogP contribution in [0.1, 0.15) is 33.6 Å². The Bertz CT molecular complexity index is 717. The van der Waals surface area contributed by atoms with Crippen LogP contribution in [0.15, 0.2) is 41.3 Å². The maximum atomic E-state index is 12.3. The second-order valence-corrected chi connectivity index (χ2v) is 6.21. The first-order valence-corrected chi connectivity index (χ1v) is 8.20. The van der Waals surface area contributed by atoms with E-state index in [9.17, 15) is 9.59 Å². The molecule has 2 aromatic rings. The molecule has 0 aromatic carbocycles. The number of likely N-dealkylation sites (tertiary alicyclic amines) is 1. The van der Waals surface area contributed by atoms with Gasteiger partial charge in [0.25, 0.3) is 11.8 Å². The molecule has 0 radical (unpaired) electrons. The van der Waals surface area contributed by atoms with Crippen LogP contribution in [0.4, 0.5) is 0 Å². The summed E-state index contributed by atoms with van der Waals surface area (Å²) in [6, 6.07) is 5.09. The highest BCUT2D eigenvalue weighted by Gasteiger charge is 2.25. The molecule has 0 aliphatic carbocycles. The molecule has 0 saturated carbocycles. The summed E-state index contributed by atoms with van der Waals surface area (Å²) in [5, 5.41) is 0. The van der Waals surface area contributed by atoms with Gasteiger partial charge in [0.05, 0.1) is 17.4 Å². The number of pyridine rings is 1. The molecule has 1 aliphatic rings. The minimum Gasteiger partial charge on any atom is -0.474 e. The predicted molar refractivity (Wildman–Crippen MR) is 90.5 cm³/mol. The van der Waals surface area contributed by atoms with Crippen molar-refractivity contribution in [2.75, 3.05) is 27.2 Å². The molecule has 3 rings (SSSR count). The van der Waals surface area contributed by atoms with Gasteiger partial charge in [0, 0.05) is 52.3 Å². The number of hydrogen-bond donors (Lipinski definition) is 0. The molecule has 0 N–H and O–H groups in total. The highest BCUT2D eigenvalue weighted by molar-refractivity contribution is 5.94. The van der Waals surface area contributed by atoms with Gasteiger partial charge in [-0.25, -0.2) is 4.98 Å². The molecule has 1 aliphatic heterocycles. The van der Waals surface area contributed by atoms with E-state index >= 15 is 0 Å². The van der Waals surface area contributed by atoms with Crippen LogP contribution in [-0.2, 0) is 0 Å². The highest BCUT2D eigenvalue weighted by atomic mass is 16.5. The Kier molecular flexibility index (Phi) is 5.02. The SMILES string of the molecule is CN(C)C(=O)c1ccc(OC2CCN(C(=O)c3ccoc3)CC2)nc1. The third-order valence-corrected chi connectivity index (χ3v) is 4.17. The van der Waals surface area contributed by atoms with Crippen LogP contribution in [0.3, 0.4) is 0 Å². The third-order valence-electron chi connectivity index (χ3n) is 4.17. The first-order chi connectivity index (χ1) is 12.0. The monoisotopic (exact) mass is 343 g/mol. The van der Waals surface area contributed by atoms with Gasteiger partial charge in [0.15, 0.2) is 0 Å². The summed E-state index contributed by atoms with van der Waals surface area (Å²) in [6.07, 6.45) is 5.98. The zero-order valence-electron chi connectivity index (χ0n) is 14.3. The Morgan fingerprint density at radius 2 is 1.96 bits per heavy atom. The number of hydrogen-bond acceptors (Lipinski definition) is 5. The van der Waals surface area contributed by atoms with Crippen molar-refractivity contribution in [1.82, 2.24) is 14.8 Å². The Hall–Kier alpha value is -2.83. The van der Waals surface area contributed by atoms with Crippen LogP contribution in [0.2, 0.25) is 0 Å². The number of nitrogens with zero attached hydrogens (tertiary/aromatic N) is 3. The summed E-state index contributed by atoms with van der Waals surface area (Å²) in [6.45, 7) is 1.26. The average Bonchev–Trinajstić information content (AvgIpc) is 3.16. The van der Waals surface area contributed by atoms with Crippen LogP contribution in [0.25, 0.3) is 0 Å². The Labute approximate surface area is 146 Å². The first-order valence-electron chi connectivity index (χ1n) is 8.20. The zero-order valence-corrected chi connectivity index (χ0v) is 14.3. The maximum absolute atomic E-state index is 12.3. The van der Waals surface area contributed by atoms with E-state index in [0.29, 0.717) is 30.1 Å². The summed E-state index contributed by atoms with van der Waals surface area (Å²) in [4.78, 5) is 31.6. The molecule has 2 amide bonds. The van der Waals surface area contributed by atoms with Crippen LogP contribution in [0.5, 0.6) is 5.88 Å². The largest absolute Gasteiger partial charge is 0.474 e. The smallest absolute Gasteiger partial charge is 0.257 e. The van der Waals surface area contributed by atoms with Crippen molar-refractivity contribution in [3.63, 3.8) is 0 Å². The van der Waals surface area contributed by atoms with Gasteiger partial charge >= 0.3 is 0 Å². The maximum Gasteiger partial charge on any atom is 0.257 e. The lowest BCUT2D eigenvalue weighted by Gasteiger charge is -2.31. The quantitative estimate of drug-likeness (QED) is 0.849. The molecule has 0 unspecified atom stereocenters. The van der Waals surface area contributed by atoms with Crippen LogP contribution >= 0.6 is 0 Å².